The third-order valence-corrected chi connectivity index (χ3v) is 3.07. The van der Waals surface area contributed by atoms with Crippen molar-refractivity contribution in [2.24, 2.45) is 5.92 Å². The van der Waals surface area contributed by atoms with Gasteiger partial charge in [0.2, 0.25) is 0 Å². The summed E-state index contributed by atoms with van der Waals surface area (Å²) in [5.74, 6) is 0.884. The first-order chi connectivity index (χ1) is 7.18. The van der Waals surface area contributed by atoms with Crippen molar-refractivity contribution in [3.63, 3.8) is 0 Å². The Morgan fingerprint density at radius 3 is 2.93 bits per heavy atom. The molecule has 1 aliphatic carbocycles. The highest BCUT2D eigenvalue weighted by atomic mass is 15.1. The largest absolute Gasteiger partial charge is 0.316 e. The van der Waals surface area contributed by atoms with E-state index in [1.165, 1.54) is 38.8 Å². The quantitative estimate of drug-likeness (QED) is 0.534. The lowest BCUT2D eigenvalue weighted by molar-refractivity contribution is 0.380. The van der Waals surface area contributed by atoms with E-state index in [4.69, 9.17) is 0 Å². The fourth-order valence-corrected chi connectivity index (χ4v) is 2.21. The van der Waals surface area contributed by atoms with Gasteiger partial charge in [-0.1, -0.05) is 11.6 Å². The van der Waals surface area contributed by atoms with Gasteiger partial charge in [0.25, 0.3) is 0 Å². The number of nitrogens with zero attached hydrogens (tertiary/aromatic N) is 1. The molecule has 0 saturated carbocycles. The van der Waals surface area contributed by atoms with Crippen LogP contribution in [0.2, 0.25) is 0 Å². The molecule has 88 valence electrons. The minimum atomic E-state index is 0.884. The zero-order valence-corrected chi connectivity index (χ0v) is 10.6. The molecule has 1 aliphatic rings. The van der Waals surface area contributed by atoms with Crippen molar-refractivity contribution in [2.45, 2.75) is 32.6 Å². The van der Waals surface area contributed by atoms with Crippen molar-refractivity contribution in [2.75, 3.05) is 33.7 Å². The molecule has 15 heavy (non-hydrogen) atoms. The number of hydrogen-bond acceptors (Lipinski definition) is 2. The van der Waals surface area contributed by atoms with E-state index in [1.807, 2.05) is 0 Å². The van der Waals surface area contributed by atoms with Crippen molar-refractivity contribution in [3.05, 3.63) is 11.6 Å². The molecular formula is C13H26N2. The number of allylic oxidation sites excluding steroid dienone is 2. The van der Waals surface area contributed by atoms with E-state index >= 15 is 0 Å². The molecule has 1 N–H and O–H groups in total. The van der Waals surface area contributed by atoms with Crippen molar-refractivity contribution >= 4 is 0 Å². The Balaban J connectivity index is 1.98. The van der Waals surface area contributed by atoms with Gasteiger partial charge in [-0.3, -0.25) is 0 Å². The van der Waals surface area contributed by atoms with Crippen molar-refractivity contribution < 1.29 is 0 Å². The van der Waals surface area contributed by atoms with Gasteiger partial charge in [0, 0.05) is 0 Å². The summed E-state index contributed by atoms with van der Waals surface area (Å²) >= 11 is 0. The lowest BCUT2D eigenvalue weighted by Gasteiger charge is -2.21. The zero-order valence-electron chi connectivity index (χ0n) is 10.6. The van der Waals surface area contributed by atoms with Crippen molar-refractivity contribution in [1.82, 2.24) is 10.2 Å². The van der Waals surface area contributed by atoms with Crippen LogP contribution in [0.5, 0.6) is 0 Å². The molecule has 0 aromatic rings. The average molecular weight is 210 g/mol. The molecule has 0 bridgehead atoms. The van der Waals surface area contributed by atoms with Gasteiger partial charge in [0.1, 0.15) is 0 Å². The summed E-state index contributed by atoms with van der Waals surface area (Å²) in [6, 6.07) is 0. The summed E-state index contributed by atoms with van der Waals surface area (Å²) in [6.45, 7) is 5.82. The van der Waals surface area contributed by atoms with Gasteiger partial charge in [-0.2, -0.15) is 0 Å². The average Bonchev–Trinajstić information content (AvgIpc) is 2.17. The maximum atomic E-state index is 3.58. The third kappa shape index (κ3) is 5.95. The first-order valence-electron chi connectivity index (χ1n) is 6.19. The molecule has 0 aliphatic heterocycles. The van der Waals surface area contributed by atoms with Crippen LogP contribution in [-0.4, -0.2) is 38.6 Å². The second-order valence-electron chi connectivity index (χ2n) is 5.06. The van der Waals surface area contributed by atoms with Gasteiger partial charge >= 0.3 is 0 Å². The predicted octanol–water partition coefficient (Wildman–Crippen LogP) is 2.27. The highest BCUT2D eigenvalue weighted by molar-refractivity contribution is 5.03. The molecule has 0 radical (unpaired) electrons. The molecule has 1 unspecified atom stereocenters. The molecule has 1 rings (SSSR count). The topological polar surface area (TPSA) is 15.3 Å². The second kappa shape index (κ2) is 7.02. The molecule has 0 fully saturated rings. The number of rotatable bonds is 6. The fourth-order valence-electron chi connectivity index (χ4n) is 2.21. The standard InChI is InChI=1S/C13H26N2/c1-12-6-4-7-13(10-12)11-14-8-5-9-15(2)3/h6,13-14H,4-5,7-11H2,1-3H3. The van der Waals surface area contributed by atoms with Crippen LogP contribution in [0, 0.1) is 5.92 Å². The maximum Gasteiger partial charge on any atom is -0.00127 e. The molecule has 0 aromatic carbocycles. The Kier molecular flexibility index (Phi) is 5.96. The third-order valence-electron chi connectivity index (χ3n) is 3.07. The molecule has 0 aromatic heterocycles. The Bertz CT molecular complexity index is 197. The van der Waals surface area contributed by atoms with Crippen LogP contribution in [0.15, 0.2) is 11.6 Å². The van der Waals surface area contributed by atoms with Gasteiger partial charge in [-0.05, 0) is 72.3 Å². The minimum Gasteiger partial charge on any atom is -0.316 e. The smallest absolute Gasteiger partial charge is 0.00127 e. The van der Waals surface area contributed by atoms with Gasteiger partial charge in [-0.15, -0.1) is 0 Å². The minimum absolute atomic E-state index is 0.884. The lowest BCUT2D eigenvalue weighted by Crippen LogP contribution is -2.27. The number of nitrogens with one attached hydrogen (secondary N) is 1. The summed E-state index contributed by atoms with van der Waals surface area (Å²) in [6.07, 6.45) is 7.62. The Morgan fingerprint density at radius 2 is 2.27 bits per heavy atom. The highest BCUT2D eigenvalue weighted by Gasteiger charge is 2.12. The van der Waals surface area contributed by atoms with E-state index in [0.717, 1.165) is 12.5 Å². The second-order valence-corrected chi connectivity index (χ2v) is 5.06. The van der Waals surface area contributed by atoms with Gasteiger partial charge in [-0.25, -0.2) is 0 Å². The van der Waals surface area contributed by atoms with Crippen molar-refractivity contribution in [1.29, 1.82) is 0 Å². The van der Waals surface area contributed by atoms with Gasteiger partial charge in [0.15, 0.2) is 0 Å². The van der Waals surface area contributed by atoms with Crippen LogP contribution in [0.4, 0.5) is 0 Å². The van der Waals surface area contributed by atoms with Crippen LogP contribution < -0.4 is 5.32 Å². The lowest BCUT2D eigenvalue weighted by atomic mass is 9.89. The Hall–Kier alpha value is -0.340. The summed E-state index contributed by atoms with van der Waals surface area (Å²) in [5.41, 5.74) is 1.58. The number of hydrogen-bond donors (Lipinski definition) is 1. The van der Waals surface area contributed by atoms with Crippen LogP contribution in [0.25, 0.3) is 0 Å². The molecule has 0 amide bonds. The van der Waals surface area contributed by atoms with Gasteiger partial charge < -0.3 is 10.2 Å². The molecule has 1 atom stereocenters. The van der Waals surface area contributed by atoms with E-state index in [2.05, 4.69) is 37.3 Å². The van der Waals surface area contributed by atoms with Crippen LogP contribution in [-0.2, 0) is 0 Å². The monoisotopic (exact) mass is 210 g/mol. The van der Waals surface area contributed by atoms with Gasteiger partial charge in [0.05, 0.1) is 0 Å². The summed E-state index contributed by atoms with van der Waals surface area (Å²) in [5, 5.41) is 3.58. The van der Waals surface area contributed by atoms with E-state index in [0.29, 0.717) is 0 Å². The van der Waals surface area contributed by atoms with Crippen molar-refractivity contribution in [3.8, 4) is 0 Å². The normalized spacial score (nSPS) is 21.9. The van der Waals surface area contributed by atoms with E-state index in [1.54, 1.807) is 5.57 Å². The fraction of sp³-hybridized carbons (Fsp3) is 0.846. The van der Waals surface area contributed by atoms with E-state index in [-0.39, 0.29) is 0 Å². The molecule has 2 heteroatoms. The molecule has 0 spiro atoms. The summed E-state index contributed by atoms with van der Waals surface area (Å²) in [7, 11) is 4.27. The van der Waals surface area contributed by atoms with E-state index < -0.39 is 0 Å². The zero-order chi connectivity index (χ0) is 11.1. The van der Waals surface area contributed by atoms with E-state index in [9.17, 15) is 0 Å². The molecule has 2 nitrogen and oxygen atoms in total. The van der Waals surface area contributed by atoms with Crippen LogP contribution in [0.3, 0.4) is 0 Å². The molecule has 0 saturated heterocycles. The summed E-state index contributed by atoms with van der Waals surface area (Å²) in [4.78, 5) is 2.25. The van der Waals surface area contributed by atoms with Crippen LogP contribution >= 0.6 is 0 Å². The maximum absolute atomic E-state index is 3.58. The SMILES string of the molecule is CC1=CCCC(CNCCCN(C)C)C1. The first-order valence-corrected chi connectivity index (χ1v) is 6.19. The molecular weight excluding hydrogens is 184 g/mol. The molecule has 0 heterocycles. The Labute approximate surface area is 94.7 Å². The van der Waals surface area contributed by atoms with Crippen LogP contribution in [0.1, 0.15) is 32.6 Å². The Morgan fingerprint density at radius 1 is 1.47 bits per heavy atom. The predicted molar refractivity (Wildman–Crippen MR) is 67.1 cm³/mol. The summed E-state index contributed by atoms with van der Waals surface area (Å²) < 4.78 is 0. The highest BCUT2D eigenvalue weighted by Crippen LogP contribution is 2.22. The first kappa shape index (κ1) is 12.7.